The minimum atomic E-state index is -0.359. The second-order valence-corrected chi connectivity index (χ2v) is 4.71. The molecule has 2 rings (SSSR count). The van der Waals surface area contributed by atoms with E-state index in [9.17, 15) is 5.26 Å². The Morgan fingerprint density at radius 3 is 2.41 bits per heavy atom. The van der Waals surface area contributed by atoms with Crippen molar-refractivity contribution in [2.24, 2.45) is 5.92 Å². The number of hydrogen-bond donors (Lipinski definition) is 0. The highest BCUT2D eigenvalue weighted by molar-refractivity contribution is 5.56. The van der Waals surface area contributed by atoms with Gasteiger partial charge in [-0.15, -0.1) is 0 Å². The monoisotopic (exact) mass is 231 g/mol. The molecule has 0 heterocycles. The molecule has 0 aliphatic heterocycles. The van der Waals surface area contributed by atoms with Crippen LogP contribution in [-0.2, 0) is 5.41 Å². The van der Waals surface area contributed by atoms with Crippen LogP contribution in [0.25, 0.3) is 0 Å². The Hall–Kier alpha value is -1.69. The Labute approximate surface area is 102 Å². The van der Waals surface area contributed by atoms with Gasteiger partial charge in [0.05, 0.1) is 25.7 Å². The first-order valence-corrected chi connectivity index (χ1v) is 5.73. The molecule has 1 aliphatic carbocycles. The van der Waals surface area contributed by atoms with Crippen molar-refractivity contribution < 1.29 is 9.47 Å². The van der Waals surface area contributed by atoms with Gasteiger partial charge in [0.25, 0.3) is 0 Å². The number of rotatable bonds is 3. The Morgan fingerprint density at radius 1 is 1.35 bits per heavy atom. The van der Waals surface area contributed by atoms with Crippen LogP contribution >= 0.6 is 0 Å². The lowest BCUT2D eigenvalue weighted by Gasteiger charge is -2.17. The lowest BCUT2D eigenvalue weighted by atomic mass is 9.90. The molecule has 0 aromatic heterocycles. The van der Waals surface area contributed by atoms with E-state index in [4.69, 9.17) is 9.47 Å². The van der Waals surface area contributed by atoms with E-state index < -0.39 is 0 Å². The molecule has 2 unspecified atom stereocenters. The summed E-state index contributed by atoms with van der Waals surface area (Å²) >= 11 is 0. The van der Waals surface area contributed by atoms with Gasteiger partial charge in [-0.3, -0.25) is 0 Å². The second-order valence-electron chi connectivity index (χ2n) is 4.71. The molecular weight excluding hydrogens is 214 g/mol. The van der Waals surface area contributed by atoms with Crippen LogP contribution in [0.5, 0.6) is 11.5 Å². The predicted molar refractivity (Wildman–Crippen MR) is 65.4 cm³/mol. The van der Waals surface area contributed by atoms with Crippen molar-refractivity contribution in [3.8, 4) is 17.6 Å². The standard InChI is InChI=1S/C14H17NO2/c1-9-5-11(16-3)6-12(17-4)13(9)14(8-15)7-10(14)2/h5-6,10H,7H2,1-4H3. The largest absolute Gasteiger partial charge is 0.497 e. The summed E-state index contributed by atoms with van der Waals surface area (Å²) in [5.74, 6) is 1.92. The highest BCUT2D eigenvalue weighted by Crippen LogP contribution is 2.57. The number of aryl methyl sites for hydroxylation is 1. The van der Waals surface area contributed by atoms with E-state index in [1.54, 1.807) is 14.2 Å². The van der Waals surface area contributed by atoms with Crippen LogP contribution in [0.2, 0.25) is 0 Å². The maximum atomic E-state index is 9.41. The molecule has 1 aromatic rings. The van der Waals surface area contributed by atoms with E-state index in [1.165, 1.54) is 0 Å². The van der Waals surface area contributed by atoms with Crippen LogP contribution in [-0.4, -0.2) is 14.2 Å². The van der Waals surface area contributed by atoms with Gasteiger partial charge >= 0.3 is 0 Å². The molecule has 1 aromatic carbocycles. The van der Waals surface area contributed by atoms with Gasteiger partial charge in [0.1, 0.15) is 11.5 Å². The molecule has 0 radical (unpaired) electrons. The van der Waals surface area contributed by atoms with Crippen molar-refractivity contribution in [3.05, 3.63) is 23.3 Å². The quantitative estimate of drug-likeness (QED) is 0.803. The molecule has 17 heavy (non-hydrogen) atoms. The van der Waals surface area contributed by atoms with Crippen molar-refractivity contribution in [1.29, 1.82) is 5.26 Å². The molecule has 1 fully saturated rings. The molecule has 0 saturated heterocycles. The topological polar surface area (TPSA) is 42.2 Å². The summed E-state index contributed by atoms with van der Waals surface area (Å²) in [7, 11) is 3.27. The minimum absolute atomic E-state index is 0.359. The Kier molecular flexibility index (Phi) is 2.74. The first-order valence-electron chi connectivity index (χ1n) is 5.73. The van der Waals surface area contributed by atoms with Crippen molar-refractivity contribution in [2.75, 3.05) is 14.2 Å². The number of ether oxygens (including phenoxy) is 2. The molecule has 1 saturated carbocycles. The van der Waals surface area contributed by atoms with Crippen LogP contribution in [0.1, 0.15) is 24.5 Å². The Balaban J connectivity index is 2.58. The molecule has 0 N–H and O–H groups in total. The summed E-state index contributed by atoms with van der Waals surface area (Å²) in [6.45, 7) is 4.11. The third-order valence-corrected chi connectivity index (χ3v) is 3.68. The lowest BCUT2D eigenvalue weighted by molar-refractivity contribution is 0.388. The Morgan fingerprint density at radius 2 is 2.00 bits per heavy atom. The van der Waals surface area contributed by atoms with Crippen LogP contribution < -0.4 is 9.47 Å². The minimum Gasteiger partial charge on any atom is -0.497 e. The molecule has 90 valence electrons. The van der Waals surface area contributed by atoms with Gasteiger partial charge < -0.3 is 9.47 Å². The highest BCUT2D eigenvalue weighted by atomic mass is 16.5. The van der Waals surface area contributed by atoms with Gasteiger partial charge in [0.2, 0.25) is 0 Å². The third kappa shape index (κ3) is 1.64. The van der Waals surface area contributed by atoms with Gasteiger partial charge in [0.15, 0.2) is 0 Å². The molecule has 1 aliphatic rings. The van der Waals surface area contributed by atoms with Crippen LogP contribution in [0.15, 0.2) is 12.1 Å². The third-order valence-electron chi connectivity index (χ3n) is 3.68. The van der Waals surface area contributed by atoms with Crippen LogP contribution in [0.3, 0.4) is 0 Å². The summed E-state index contributed by atoms with van der Waals surface area (Å²) in [5, 5.41) is 9.41. The van der Waals surface area contributed by atoms with Gasteiger partial charge in [-0.1, -0.05) is 6.92 Å². The van der Waals surface area contributed by atoms with Crippen molar-refractivity contribution in [1.82, 2.24) is 0 Å². The van der Waals surface area contributed by atoms with E-state index in [0.717, 1.165) is 29.0 Å². The number of benzene rings is 1. The molecule has 0 amide bonds. The van der Waals surface area contributed by atoms with Gasteiger partial charge in [-0.25, -0.2) is 0 Å². The first-order chi connectivity index (χ1) is 8.08. The van der Waals surface area contributed by atoms with Crippen molar-refractivity contribution >= 4 is 0 Å². The normalized spacial score (nSPS) is 26.2. The summed E-state index contributed by atoms with van der Waals surface area (Å²) in [6.07, 6.45) is 0.910. The number of hydrogen-bond acceptors (Lipinski definition) is 3. The average molecular weight is 231 g/mol. The van der Waals surface area contributed by atoms with Gasteiger partial charge in [-0.2, -0.15) is 5.26 Å². The van der Waals surface area contributed by atoms with E-state index in [1.807, 2.05) is 19.1 Å². The number of nitriles is 1. The highest BCUT2D eigenvalue weighted by Gasteiger charge is 2.55. The van der Waals surface area contributed by atoms with Crippen LogP contribution in [0, 0.1) is 24.2 Å². The fourth-order valence-electron chi connectivity index (χ4n) is 2.56. The molecule has 3 nitrogen and oxygen atoms in total. The SMILES string of the molecule is COc1cc(C)c(C2(C#N)CC2C)c(OC)c1. The number of methoxy groups -OCH3 is 2. The van der Waals surface area contributed by atoms with Crippen LogP contribution in [0.4, 0.5) is 0 Å². The summed E-state index contributed by atoms with van der Waals surface area (Å²) in [6, 6.07) is 6.26. The van der Waals surface area contributed by atoms with Crippen molar-refractivity contribution in [3.63, 3.8) is 0 Å². The van der Waals surface area contributed by atoms with E-state index in [0.29, 0.717) is 5.92 Å². The predicted octanol–water partition coefficient (Wildman–Crippen LogP) is 2.81. The zero-order chi connectivity index (χ0) is 12.6. The first kappa shape index (κ1) is 11.8. The van der Waals surface area contributed by atoms with Gasteiger partial charge in [0, 0.05) is 11.6 Å². The van der Waals surface area contributed by atoms with E-state index in [2.05, 4.69) is 13.0 Å². The lowest BCUT2D eigenvalue weighted by Crippen LogP contribution is -2.10. The maximum Gasteiger partial charge on any atom is 0.127 e. The smallest absolute Gasteiger partial charge is 0.127 e. The Bertz CT molecular complexity index is 490. The van der Waals surface area contributed by atoms with E-state index >= 15 is 0 Å². The average Bonchev–Trinajstić information content (AvgIpc) is 2.99. The molecule has 0 bridgehead atoms. The summed E-state index contributed by atoms with van der Waals surface area (Å²) < 4.78 is 10.6. The zero-order valence-electron chi connectivity index (χ0n) is 10.7. The molecule has 0 spiro atoms. The fourth-order valence-corrected chi connectivity index (χ4v) is 2.56. The maximum absolute atomic E-state index is 9.41. The summed E-state index contributed by atoms with van der Waals surface area (Å²) in [4.78, 5) is 0. The van der Waals surface area contributed by atoms with Gasteiger partial charge in [-0.05, 0) is 30.9 Å². The summed E-state index contributed by atoms with van der Waals surface area (Å²) in [5.41, 5.74) is 1.73. The zero-order valence-corrected chi connectivity index (χ0v) is 10.7. The fraction of sp³-hybridized carbons (Fsp3) is 0.500. The molecule has 3 heteroatoms. The van der Waals surface area contributed by atoms with Crippen molar-refractivity contribution in [2.45, 2.75) is 25.7 Å². The number of nitrogens with zero attached hydrogens (tertiary/aromatic N) is 1. The molecule has 2 atom stereocenters. The molecular formula is C14H17NO2. The van der Waals surface area contributed by atoms with E-state index in [-0.39, 0.29) is 5.41 Å². The second kappa shape index (κ2) is 3.96.